The van der Waals surface area contributed by atoms with Gasteiger partial charge in [0.25, 0.3) is 0 Å². The number of imidazole rings is 1. The van der Waals surface area contributed by atoms with Gasteiger partial charge < -0.3 is 14.5 Å². The van der Waals surface area contributed by atoms with Gasteiger partial charge in [0.15, 0.2) is 0 Å². The molecule has 6 heteroatoms. The molecule has 2 atom stereocenters. The Morgan fingerprint density at radius 1 is 1.35 bits per heavy atom. The summed E-state index contributed by atoms with van der Waals surface area (Å²) in [7, 11) is 1.97. The molecule has 3 aromatic rings. The molecule has 0 spiro atoms. The van der Waals surface area contributed by atoms with Gasteiger partial charge in [-0.15, -0.1) is 0 Å². The highest BCUT2D eigenvalue weighted by Gasteiger charge is 2.31. The molecule has 1 N–H and O–H groups in total. The second-order valence-corrected chi connectivity index (χ2v) is 6.05. The van der Waals surface area contributed by atoms with Crippen LogP contribution in [0, 0.1) is 6.92 Å². The summed E-state index contributed by atoms with van der Waals surface area (Å²) in [6.07, 6.45) is 6.99. The van der Waals surface area contributed by atoms with E-state index in [4.69, 9.17) is 4.74 Å². The van der Waals surface area contributed by atoms with Crippen molar-refractivity contribution in [2.24, 2.45) is 7.05 Å². The lowest BCUT2D eigenvalue weighted by Gasteiger charge is -2.19. The topological polar surface area (TPSA) is 56.4 Å². The normalized spacial score (nSPS) is 21.3. The summed E-state index contributed by atoms with van der Waals surface area (Å²) < 4.78 is 9.98. The van der Waals surface area contributed by atoms with Crippen molar-refractivity contribution in [2.45, 2.75) is 32.0 Å². The first-order valence-corrected chi connectivity index (χ1v) is 7.98. The van der Waals surface area contributed by atoms with Crippen LogP contribution in [0.15, 0.2) is 36.8 Å². The van der Waals surface area contributed by atoms with Crippen molar-refractivity contribution in [1.82, 2.24) is 24.5 Å². The molecule has 120 valence electrons. The van der Waals surface area contributed by atoms with Crippen LogP contribution >= 0.6 is 0 Å². The first kappa shape index (κ1) is 14.4. The van der Waals surface area contributed by atoms with Crippen molar-refractivity contribution in [3.63, 3.8) is 0 Å². The monoisotopic (exact) mass is 311 g/mol. The number of hydrogen-bond acceptors (Lipinski definition) is 4. The molecule has 1 aliphatic rings. The Hall–Kier alpha value is -2.18. The predicted octanol–water partition coefficient (Wildman–Crippen LogP) is 2.00. The smallest absolute Gasteiger partial charge is 0.136 e. The van der Waals surface area contributed by atoms with Crippen LogP contribution in [0.5, 0.6) is 0 Å². The Morgan fingerprint density at radius 2 is 2.26 bits per heavy atom. The Labute approximate surface area is 135 Å². The quantitative estimate of drug-likeness (QED) is 0.800. The van der Waals surface area contributed by atoms with Crippen LogP contribution in [0.3, 0.4) is 0 Å². The van der Waals surface area contributed by atoms with Crippen molar-refractivity contribution < 1.29 is 4.74 Å². The van der Waals surface area contributed by atoms with Crippen molar-refractivity contribution >= 4 is 5.65 Å². The molecular formula is C17H21N5O. The molecule has 0 aromatic carbocycles. The van der Waals surface area contributed by atoms with E-state index >= 15 is 0 Å². The summed E-state index contributed by atoms with van der Waals surface area (Å²) in [4.78, 5) is 4.44. The van der Waals surface area contributed by atoms with Crippen LogP contribution in [0.25, 0.3) is 5.65 Å². The molecule has 4 heterocycles. The first-order valence-electron chi connectivity index (χ1n) is 7.98. The number of rotatable bonds is 4. The molecule has 3 aromatic heterocycles. The number of hydrogen-bond donors (Lipinski definition) is 1. The molecule has 0 amide bonds. The van der Waals surface area contributed by atoms with E-state index < -0.39 is 0 Å². The van der Waals surface area contributed by atoms with E-state index in [-0.39, 0.29) is 6.10 Å². The average molecular weight is 311 g/mol. The van der Waals surface area contributed by atoms with Crippen molar-refractivity contribution in [2.75, 3.05) is 6.61 Å². The van der Waals surface area contributed by atoms with Gasteiger partial charge in [-0.3, -0.25) is 4.68 Å². The lowest BCUT2D eigenvalue weighted by molar-refractivity contribution is 0.0978. The molecule has 1 saturated heterocycles. The Morgan fingerprint density at radius 3 is 3.09 bits per heavy atom. The van der Waals surface area contributed by atoms with E-state index in [0.717, 1.165) is 30.9 Å². The van der Waals surface area contributed by atoms with Gasteiger partial charge in [0.2, 0.25) is 0 Å². The maximum atomic E-state index is 5.96. The first-order chi connectivity index (χ1) is 11.2. The van der Waals surface area contributed by atoms with Crippen LogP contribution in [0.1, 0.15) is 29.5 Å². The summed E-state index contributed by atoms with van der Waals surface area (Å²) in [6.45, 7) is 3.64. The van der Waals surface area contributed by atoms with Crippen LogP contribution in [0.2, 0.25) is 0 Å². The average Bonchev–Trinajstić information content (AvgIpc) is 3.26. The third-order valence-corrected chi connectivity index (χ3v) is 4.71. The predicted molar refractivity (Wildman–Crippen MR) is 87.1 cm³/mol. The number of ether oxygens (including phenoxy) is 1. The lowest BCUT2D eigenvalue weighted by Crippen LogP contribution is -2.31. The number of nitrogens with one attached hydrogen (secondary N) is 1. The molecule has 0 saturated carbocycles. The highest BCUT2D eigenvalue weighted by molar-refractivity contribution is 5.39. The van der Waals surface area contributed by atoms with E-state index in [9.17, 15) is 0 Å². The van der Waals surface area contributed by atoms with E-state index in [1.165, 1.54) is 11.3 Å². The van der Waals surface area contributed by atoms with Crippen molar-refractivity contribution in [3.05, 3.63) is 53.7 Å². The SMILES string of the molecule is Cc1c([C@H]2OCC[C@@H]2NCc2cnc3ccccn23)cnn1C. The second-order valence-electron chi connectivity index (χ2n) is 6.05. The van der Waals surface area contributed by atoms with Gasteiger partial charge in [0.05, 0.1) is 18.1 Å². The molecule has 1 fully saturated rings. The molecule has 0 unspecified atom stereocenters. The van der Waals surface area contributed by atoms with E-state index in [1.807, 2.05) is 48.5 Å². The van der Waals surface area contributed by atoms with Crippen LogP contribution in [-0.2, 0) is 18.3 Å². The number of aromatic nitrogens is 4. The summed E-state index contributed by atoms with van der Waals surface area (Å²) >= 11 is 0. The number of aryl methyl sites for hydroxylation is 1. The maximum Gasteiger partial charge on any atom is 0.136 e. The van der Waals surface area contributed by atoms with Gasteiger partial charge >= 0.3 is 0 Å². The Kier molecular flexibility index (Phi) is 3.63. The highest BCUT2D eigenvalue weighted by Crippen LogP contribution is 2.31. The summed E-state index contributed by atoms with van der Waals surface area (Å²) in [5, 5.41) is 7.98. The van der Waals surface area contributed by atoms with E-state index in [1.54, 1.807) is 0 Å². The molecule has 6 nitrogen and oxygen atoms in total. The summed E-state index contributed by atoms with van der Waals surface area (Å²) in [5.74, 6) is 0. The largest absolute Gasteiger partial charge is 0.372 e. The third-order valence-electron chi connectivity index (χ3n) is 4.71. The minimum atomic E-state index is 0.0721. The van der Waals surface area contributed by atoms with Gasteiger partial charge in [0.1, 0.15) is 11.8 Å². The molecule has 0 radical (unpaired) electrons. The van der Waals surface area contributed by atoms with Gasteiger partial charge in [-0.1, -0.05) is 6.07 Å². The van der Waals surface area contributed by atoms with E-state index in [0.29, 0.717) is 6.04 Å². The molecule has 23 heavy (non-hydrogen) atoms. The van der Waals surface area contributed by atoms with Crippen molar-refractivity contribution in [1.29, 1.82) is 0 Å². The molecule has 0 bridgehead atoms. The minimum Gasteiger partial charge on any atom is -0.372 e. The van der Waals surface area contributed by atoms with Crippen LogP contribution in [-0.4, -0.2) is 31.8 Å². The van der Waals surface area contributed by atoms with Gasteiger partial charge in [0, 0.05) is 43.7 Å². The zero-order chi connectivity index (χ0) is 15.8. The van der Waals surface area contributed by atoms with Crippen LogP contribution in [0.4, 0.5) is 0 Å². The molecule has 4 rings (SSSR count). The summed E-state index contributed by atoms with van der Waals surface area (Å²) in [6, 6.07) is 6.35. The number of nitrogens with zero attached hydrogens (tertiary/aromatic N) is 4. The Balaban J connectivity index is 1.51. The zero-order valence-electron chi connectivity index (χ0n) is 13.4. The second kappa shape index (κ2) is 5.79. The number of fused-ring (bicyclic) bond motifs is 1. The molecule has 1 aliphatic heterocycles. The van der Waals surface area contributed by atoms with Gasteiger partial charge in [-0.2, -0.15) is 5.10 Å². The zero-order valence-corrected chi connectivity index (χ0v) is 13.4. The maximum absolute atomic E-state index is 5.96. The fraction of sp³-hybridized carbons (Fsp3) is 0.412. The molecule has 0 aliphatic carbocycles. The lowest BCUT2D eigenvalue weighted by atomic mass is 10.0. The van der Waals surface area contributed by atoms with E-state index in [2.05, 4.69) is 26.7 Å². The Bertz CT molecular complexity index is 821. The van der Waals surface area contributed by atoms with Gasteiger partial charge in [-0.25, -0.2) is 4.98 Å². The third kappa shape index (κ3) is 2.54. The highest BCUT2D eigenvalue weighted by atomic mass is 16.5. The number of pyridine rings is 1. The van der Waals surface area contributed by atoms with Crippen LogP contribution < -0.4 is 5.32 Å². The summed E-state index contributed by atoms with van der Waals surface area (Å²) in [5.41, 5.74) is 4.49. The standard InChI is InChI=1S/C17H21N5O/c1-12-14(11-20-21(12)2)17-15(6-8-23-17)18-9-13-10-19-16-5-3-4-7-22(13)16/h3-5,7,10-11,15,17-18H,6,8-9H2,1-2H3/t15-,17+/m0/s1. The fourth-order valence-electron chi connectivity index (χ4n) is 3.25. The molecular weight excluding hydrogens is 290 g/mol. The minimum absolute atomic E-state index is 0.0721. The van der Waals surface area contributed by atoms with Crippen molar-refractivity contribution in [3.8, 4) is 0 Å². The fourth-order valence-corrected chi connectivity index (χ4v) is 3.25. The van der Waals surface area contributed by atoms with Gasteiger partial charge in [-0.05, 0) is 25.5 Å².